The Morgan fingerprint density at radius 3 is 2.24 bits per heavy atom. The second-order valence-corrected chi connectivity index (χ2v) is 5.52. The lowest BCUT2D eigenvalue weighted by molar-refractivity contribution is -0.135. The number of carbonyl (C=O) groups excluding carboxylic acids is 2. The standard InChI is InChI=1S/C13H23NO3/c1-13(2,3)11(15)5-4-6-12(16)14-7-9-17-10-8-14/h4-10H2,1-3H3. The summed E-state index contributed by atoms with van der Waals surface area (Å²) in [5.74, 6) is 0.377. The number of carbonyl (C=O) groups is 2. The second kappa shape index (κ2) is 6.15. The molecule has 0 aromatic heterocycles. The molecular weight excluding hydrogens is 218 g/mol. The Labute approximate surface area is 103 Å². The monoisotopic (exact) mass is 241 g/mol. The molecule has 4 heteroatoms. The third kappa shape index (κ3) is 4.86. The molecule has 0 atom stereocenters. The molecule has 0 aliphatic carbocycles. The van der Waals surface area contributed by atoms with Crippen molar-refractivity contribution in [2.24, 2.45) is 5.41 Å². The van der Waals surface area contributed by atoms with Crippen LogP contribution in [-0.2, 0) is 14.3 Å². The predicted octanol–water partition coefficient (Wildman–Crippen LogP) is 1.63. The van der Waals surface area contributed by atoms with Crippen LogP contribution in [-0.4, -0.2) is 42.9 Å². The van der Waals surface area contributed by atoms with Crippen LogP contribution in [0.4, 0.5) is 0 Å². The van der Waals surface area contributed by atoms with Gasteiger partial charge in [-0.05, 0) is 6.42 Å². The number of morpholine rings is 1. The zero-order valence-electron chi connectivity index (χ0n) is 11.1. The number of rotatable bonds is 4. The molecule has 1 aliphatic rings. The summed E-state index contributed by atoms with van der Waals surface area (Å²) in [7, 11) is 0. The van der Waals surface area contributed by atoms with Crippen LogP contribution in [0.15, 0.2) is 0 Å². The van der Waals surface area contributed by atoms with Gasteiger partial charge < -0.3 is 9.64 Å². The van der Waals surface area contributed by atoms with Gasteiger partial charge >= 0.3 is 0 Å². The first kappa shape index (κ1) is 14.2. The number of amides is 1. The molecule has 1 fully saturated rings. The Kier molecular flexibility index (Phi) is 5.12. The van der Waals surface area contributed by atoms with Crippen molar-refractivity contribution in [2.45, 2.75) is 40.0 Å². The summed E-state index contributed by atoms with van der Waals surface area (Å²) >= 11 is 0. The average molecular weight is 241 g/mol. The van der Waals surface area contributed by atoms with Crippen LogP contribution < -0.4 is 0 Å². The summed E-state index contributed by atoms with van der Waals surface area (Å²) < 4.78 is 5.19. The highest BCUT2D eigenvalue weighted by molar-refractivity contribution is 5.84. The molecule has 1 amide bonds. The molecular formula is C13H23NO3. The molecule has 0 aromatic rings. The topological polar surface area (TPSA) is 46.6 Å². The molecule has 98 valence electrons. The van der Waals surface area contributed by atoms with Crippen molar-refractivity contribution in [1.29, 1.82) is 0 Å². The van der Waals surface area contributed by atoms with E-state index in [1.54, 1.807) is 0 Å². The summed E-state index contributed by atoms with van der Waals surface area (Å²) in [6.45, 7) is 8.38. The van der Waals surface area contributed by atoms with Gasteiger partial charge in [0.1, 0.15) is 5.78 Å². The largest absolute Gasteiger partial charge is 0.378 e. The van der Waals surface area contributed by atoms with Crippen LogP contribution in [0.5, 0.6) is 0 Å². The van der Waals surface area contributed by atoms with Crippen molar-refractivity contribution in [3.63, 3.8) is 0 Å². The van der Waals surface area contributed by atoms with Gasteiger partial charge in [-0.15, -0.1) is 0 Å². The Bertz CT molecular complexity index is 275. The smallest absolute Gasteiger partial charge is 0.222 e. The SMILES string of the molecule is CC(C)(C)C(=O)CCCC(=O)N1CCOCC1. The highest BCUT2D eigenvalue weighted by Crippen LogP contribution is 2.18. The summed E-state index contributed by atoms with van der Waals surface area (Å²) in [4.78, 5) is 25.3. The molecule has 0 aromatic carbocycles. The normalized spacial score (nSPS) is 17.0. The van der Waals surface area contributed by atoms with Crippen LogP contribution in [0, 0.1) is 5.41 Å². The minimum atomic E-state index is -0.290. The molecule has 1 heterocycles. The van der Waals surface area contributed by atoms with Gasteiger partial charge in [0.25, 0.3) is 0 Å². The zero-order chi connectivity index (χ0) is 12.9. The van der Waals surface area contributed by atoms with E-state index in [1.807, 2.05) is 25.7 Å². The molecule has 0 saturated carbocycles. The second-order valence-electron chi connectivity index (χ2n) is 5.52. The van der Waals surface area contributed by atoms with Crippen LogP contribution >= 0.6 is 0 Å². The summed E-state index contributed by atoms with van der Waals surface area (Å²) in [6.07, 6.45) is 1.63. The molecule has 0 unspecified atom stereocenters. The van der Waals surface area contributed by atoms with Crippen LogP contribution in [0.1, 0.15) is 40.0 Å². The first-order valence-electron chi connectivity index (χ1n) is 6.30. The molecule has 0 bridgehead atoms. The van der Waals surface area contributed by atoms with E-state index in [-0.39, 0.29) is 17.1 Å². The van der Waals surface area contributed by atoms with Gasteiger partial charge in [0, 0.05) is 31.3 Å². The molecule has 1 rings (SSSR count). The van der Waals surface area contributed by atoms with E-state index in [2.05, 4.69) is 0 Å². The Morgan fingerprint density at radius 1 is 1.12 bits per heavy atom. The maximum absolute atomic E-state index is 11.8. The molecule has 17 heavy (non-hydrogen) atoms. The number of Topliss-reactive ketones (excluding diaryl/α,β-unsaturated/α-hetero) is 1. The van der Waals surface area contributed by atoms with Crippen molar-refractivity contribution >= 4 is 11.7 Å². The maximum Gasteiger partial charge on any atom is 0.222 e. The minimum Gasteiger partial charge on any atom is -0.378 e. The van der Waals surface area contributed by atoms with E-state index in [0.717, 1.165) is 0 Å². The summed E-state index contributed by atoms with van der Waals surface area (Å²) in [6, 6.07) is 0. The lowest BCUT2D eigenvalue weighted by Gasteiger charge is -2.27. The van der Waals surface area contributed by atoms with E-state index in [0.29, 0.717) is 45.6 Å². The van der Waals surface area contributed by atoms with Crippen molar-refractivity contribution in [3.05, 3.63) is 0 Å². The molecule has 0 N–H and O–H groups in total. The highest BCUT2D eigenvalue weighted by atomic mass is 16.5. The molecule has 1 saturated heterocycles. The third-order valence-corrected chi connectivity index (χ3v) is 2.99. The fraction of sp³-hybridized carbons (Fsp3) is 0.846. The van der Waals surface area contributed by atoms with Crippen molar-refractivity contribution in [3.8, 4) is 0 Å². The number of nitrogens with zero attached hydrogens (tertiary/aromatic N) is 1. The van der Waals surface area contributed by atoms with E-state index >= 15 is 0 Å². The molecule has 0 spiro atoms. The van der Waals surface area contributed by atoms with E-state index in [4.69, 9.17) is 4.74 Å². The van der Waals surface area contributed by atoms with Crippen molar-refractivity contribution < 1.29 is 14.3 Å². The Hall–Kier alpha value is -0.900. The van der Waals surface area contributed by atoms with Crippen LogP contribution in [0.3, 0.4) is 0 Å². The van der Waals surface area contributed by atoms with E-state index in [9.17, 15) is 9.59 Å². The van der Waals surface area contributed by atoms with Crippen LogP contribution in [0.2, 0.25) is 0 Å². The zero-order valence-corrected chi connectivity index (χ0v) is 11.1. The van der Waals surface area contributed by atoms with Crippen LogP contribution in [0.25, 0.3) is 0 Å². The summed E-state index contributed by atoms with van der Waals surface area (Å²) in [5, 5.41) is 0. The lowest BCUT2D eigenvalue weighted by Crippen LogP contribution is -2.40. The predicted molar refractivity (Wildman–Crippen MR) is 65.7 cm³/mol. The van der Waals surface area contributed by atoms with Gasteiger partial charge in [0.2, 0.25) is 5.91 Å². The highest BCUT2D eigenvalue weighted by Gasteiger charge is 2.21. The molecule has 0 radical (unpaired) electrons. The number of ether oxygens (including phenoxy) is 1. The Morgan fingerprint density at radius 2 is 1.71 bits per heavy atom. The number of hydrogen-bond acceptors (Lipinski definition) is 3. The molecule has 4 nitrogen and oxygen atoms in total. The van der Waals surface area contributed by atoms with Gasteiger partial charge in [-0.2, -0.15) is 0 Å². The quantitative estimate of drug-likeness (QED) is 0.751. The first-order valence-corrected chi connectivity index (χ1v) is 6.30. The molecule has 1 aliphatic heterocycles. The van der Waals surface area contributed by atoms with E-state index < -0.39 is 0 Å². The lowest BCUT2D eigenvalue weighted by atomic mass is 9.88. The van der Waals surface area contributed by atoms with E-state index in [1.165, 1.54) is 0 Å². The average Bonchev–Trinajstić information content (AvgIpc) is 2.28. The van der Waals surface area contributed by atoms with Gasteiger partial charge in [-0.25, -0.2) is 0 Å². The fourth-order valence-electron chi connectivity index (χ4n) is 1.75. The van der Waals surface area contributed by atoms with Gasteiger partial charge in [0.15, 0.2) is 0 Å². The summed E-state index contributed by atoms with van der Waals surface area (Å²) in [5.41, 5.74) is -0.290. The van der Waals surface area contributed by atoms with Crippen molar-refractivity contribution in [2.75, 3.05) is 26.3 Å². The Balaban J connectivity index is 2.22. The number of ketones is 1. The third-order valence-electron chi connectivity index (χ3n) is 2.99. The van der Waals surface area contributed by atoms with Gasteiger partial charge in [-0.3, -0.25) is 9.59 Å². The van der Waals surface area contributed by atoms with Gasteiger partial charge in [-0.1, -0.05) is 20.8 Å². The fourth-order valence-corrected chi connectivity index (χ4v) is 1.75. The van der Waals surface area contributed by atoms with Crippen molar-refractivity contribution in [1.82, 2.24) is 4.90 Å². The minimum absolute atomic E-state index is 0.148. The first-order chi connectivity index (χ1) is 7.91. The number of hydrogen-bond donors (Lipinski definition) is 0. The maximum atomic E-state index is 11.8. The van der Waals surface area contributed by atoms with Gasteiger partial charge in [0.05, 0.1) is 13.2 Å².